The van der Waals surface area contributed by atoms with Crippen molar-refractivity contribution < 1.29 is 13.6 Å². The molecular formula is C17H12ClF2N3O. The Morgan fingerprint density at radius 3 is 2.42 bits per heavy atom. The highest BCUT2D eigenvalue weighted by Crippen LogP contribution is 2.15. The predicted molar refractivity (Wildman–Crippen MR) is 87.1 cm³/mol. The number of rotatable bonds is 4. The molecule has 3 aromatic rings. The molecule has 0 aliphatic carbocycles. The highest BCUT2D eigenvalue weighted by molar-refractivity contribution is 6.30. The van der Waals surface area contributed by atoms with Crippen LogP contribution in [0.3, 0.4) is 0 Å². The van der Waals surface area contributed by atoms with Crippen LogP contribution < -0.4 is 5.32 Å². The number of hydrogen-bond donors (Lipinski definition) is 1. The molecule has 2 aromatic carbocycles. The molecule has 0 fully saturated rings. The third kappa shape index (κ3) is 3.78. The van der Waals surface area contributed by atoms with Gasteiger partial charge in [-0.2, -0.15) is 5.10 Å². The molecule has 0 atom stereocenters. The van der Waals surface area contributed by atoms with Crippen molar-refractivity contribution in [1.82, 2.24) is 9.78 Å². The van der Waals surface area contributed by atoms with E-state index in [0.717, 1.165) is 17.7 Å². The molecule has 3 rings (SSSR count). The van der Waals surface area contributed by atoms with Crippen molar-refractivity contribution in [3.8, 4) is 0 Å². The number of hydrogen-bond acceptors (Lipinski definition) is 2. The maximum absolute atomic E-state index is 13.2. The minimum absolute atomic E-state index is 0.105. The predicted octanol–water partition coefficient (Wildman–Crippen LogP) is 4.12. The largest absolute Gasteiger partial charge is 0.307 e. The van der Waals surface area contributed by atoms with Gasteiger partial charge >= 0.3 is 0 Å². The fraction of sp³-hybridized carbons (Fsp3) is 0.0588. The summed E-state index contributed by atoms with van der Waals surface area (Å²) in [6.07, 6.45) is 1.53. The van der Waals surface area contributed by atoms with Crippen molar-refractivity contribution in [2.45, 2.75) is 6.54 Å². The number of carbonyl (C=O) groups excluding carboxylic acids is 1. The van der Waals surface area contributed by atoms with Crippen LogP contribution in [0.15, 0.2) is 54.7 Å². The van der Waals surface area contributed by atoms with E-state index in [1.807, 2.05) is 12.1 Å². The van der Waals surface area contributed by atoms with Gasteiger partial charge in [0.2, 0.25) is 0 Å². The van der Waals surface area contributed by atoms with E-state index in [2.05, 4.69) is 10.4 Å². The van der Waals surface area contributed by atoms with Crippen molar-refractivity contribution in [3.05, 3.63) is 82.5 Å². The topological polar surface area (TPSA) is 46.9 Å². The fourth-order valence-corrected chi connectivity index (χ4v) is 2.33. The minimum Gasteiger partial charge on any atom is -0.307 e. The lowest BCUT2D eigenvalue weighted by molar-refractivity contribution is 0.102. The van der Waals surface area contributed by atoms with Gasteiger partial charge in [0, 0.05) is 22.7 Å². The molecular weight excluding hydrogens is 336 g/mol. The van der Waals surface area contributed by atoms with E-state index in [0.29, 0.717) is 23.5 Å². The SMILES string of the molecule is O=C(Nc1ccnn1Cc1ccc(Cl)cc1)c1cc(F)cc(F)c1. The maximum atomic E-state index is 13.2. The van der Waals surface area contributed by atoms with E-state index in [1.54, 1.807) is 22.9 Å². The van der Waals surface area contributed by atoms with Gasteiger partial charge in [-0.1, -0.05) is 23.7 Å². The molecule has 0 saturated carbocycles. The van der Waals surface area contributed by atoms with Crippen LogP contribution >= 0.6 is 11.6 Å². The van der Waals surface area contributed by atoms with Crippen LogP contribution in [0.1, 0.15) is 15.9 Å². The summed E-state index contributed by atoms with van der Waals surface area (Å²) in [6, 6.07) is 11.5. The average Bonchev–Trinajstić information content (AvgIpc) is 2.95. The lowest BCUT2D eigenvalue weighted by atomic mass is 10.2. The summed E-state index contributed by atoms with van der Waals surface area (Å²) in [5.74, 6) is -1.82. The Labute approximate surface area is 141 Å². The first-order valence-corrected chi connectivity index (χ1v) is 7.43. The Morgan fingerprint density at radius 1 is 1.08 bits per heavy atom. The Balaban J connectivity index is 1.77. The van der Waals surface area contributed by atoms with Crippen LogP contribution in [0, 0.1) is 11.6 Å². The van der Waals surface area contributed by atoms with Gasteiger partial charge in [-0.15, -0.1) is 0 Å². The summed E-state index contributed by atoms with van der Waals surface area (Å²) < 4.78 is 28.0. The number of anilines is 1. The standard InChI is InChI=1S/C17H12ClF2N3O/c18-13-3-1-11(2-4-13)10-23-16(5-6-21-23)22-17(24)12-7-14(19)9-15(20)8-12/h1-9H,10H2,(H,22,24). The summed E-state index contributed by atoms with van der Waals surface area (Å²) in [5, 5.41) is 7.36. The second-order valence-electron chi connectivity index (χ2n) is 5.11. The Morgan fingerprint density at radius 2 is 1.75 bits per heavy atom. The zero-order chi connectivity index (χ0) is 17.1. The van der Waals surface area contributed by atoms with Gasteiger partial charge in [-0.25, -0.2) is 13.5 Å². The summed E-state index contributed by atoms with van der Waals surface area (Å²) >= 11 is 5.85. The average molecular weight is 348 g/mol. The number of amides is 1. The molecule has 4 nitrogen and oxygen atoms in total. The second-order valence-corrected chi connectivity index (χ2v) is 5.55. The van der Waals surface area contributed by atoms with Crippen molar-refractivity contribution in [1.29, 1.82) is 0 Å². The first-order valence-electron chi connectivity index (χ1n) is 7.05. The molecule has 1 aromatic heterocycles. The number of benzene rings is 2. The van der Waals surface area contributed by atoms with Crippen LogP contribution in [0.25, 0.3) is 0 Å². The van der Waals surface area contributed by atoms with E-state index >= 15 is 0 Å². The van der Waals surface area contributed by atoms with E-state index in [1.165, 1.54) is 6.20 Å². The van der Waals surface area contributed by atoms with Crippen molar-refractivity contribution in [3.63, 3.8) is 0 Å². The van der Waals surface area contributed by atoms with Gasteiger partial charge in [0.1, 0.15) is 17.5 Å². The van der Waals surface area contributed by atoms with Gasteiger partial charge in [0.05, 0.1) is 12.7 Å². The molecule has 1 N–H and O–H groups in total. The minimum atomic E-state index is -0.810. The third-order valence-corrected chi connectivity index (χ3v) is 3.58. The molecule has 1 amide bonds. The quantitative estimate of drug-likeness (QED) is 0.772. The third-order valence-electron chi connectivity index (χ3n) is 3.33. The summed E-state index contributed by atoms with van der Waals surface area (Å²) in [6.45, 7) is 0.414. The van der Waals surface area contributed by atoms with Gasteiger partial charge < -0.3 is 5.32 Å². The molecule has 0 bridgehead atoms. The van der Waals surface area contributed by atoms with Gasteiger partial charge in [-0.3, -0.25) is 4.79 Å². The summed E-state index contributed by atoms with van der Waals surface area (Å²) in [7, 11) is 0. The van der Waals surface area contributed by atoms with E-state index in [4.69, 9.17) is 11.6 Å². The maximum Gasteiger partial charge on any atom is 0.257 e. The molecule has 0 spiro atoms. The smallest absolute Gasteiger partial charge is 0.257 e. The Bertz CT molecular complexity index is 858. The normalized spacial score (nSPS) is 10.6. The van der Waals surface area contributed by atoms with Crippen molar-refractivity contribution >= 4 is 23.3 Å². The Hall–Kier alpha value is -2.73. The number of carbonyl (C=O) groups is 1. The van der Waals surface area contributed by atoms with Crippen molar-refractivity contribution in [2.24, 2.45) is 0 Å². The monoisotopic (exact) mass is 347 g/mol. The molecule has 24 heavy (non-hydrogen) atoms. The molecule has 0 radical (unpaired) electrons. The van der Waals surface area contributed by atoms with Gasteiger partial charge in [-0.05, 0) is 29.8 Å². The lowest BCUT2D eigenvalue weighted by Crippen LogP contribution is -2.16. The van der Waals surface area contributed by atoms with Crippen LogP contribution in [0.5, 0.6) is 0 Å². The Kier molecular flexibility index (Phi) is 4.57. The van der Waals surface area contributed by atoms with E-state index in [-0.39, 0.29) is 5.56 Å². The van der Waals surface area contributed by atoms with Crippen LogP contribution in [0.4, 0.5) is 14.6 Å². The molecule has 0 unspecified atom stereocenters. The number of aromatic nitrogens is 2. The molecule has 0 aliphatic heterocycles. The summed E-state index contributed by atoms with van der Waals surface area (Å²) in [5.41, 5.74) is 0.835. The van der Waals surface area contributed by atoms with Crippen LogP contribution in [-0.2, 0) is 6.54 Å². The molecule has 0 saturated heterocycles. The highest BCUT2D eigenvalue weighted by Gasteiger charge is 2.12. The lowest BCUT2D eigenvalue weighted by Gasteiger charge is -2.09. The van der Waals surface area contributed by atoms with Crippen LogP contribution in [0.2, 0.25) is 5.02 Å². The summed E-state index contributed by atoms with van der Waals surface area (Å²) in [4.78, 5) is 12.2. The molecule has 0 aliphatic rings. The van der Waals surface area contributed by atoms with E-state index < -0.39 is 17.5 Å². The number of halogens is 3. The van der Waals surface area contributed by atoms with Gasteiger partial charge in [0.15, 0.2) is 0 Å². The second kappa shape index (κ2) is 6.80. The first kappa shape index (κ1) is 16.1. The number of nitrogens with one attached hydrogen (secondary N) is 1. The van der Waals surface area contributed by atoms with Crippen molar-refractivity contribution in [2.75, 3.05) is 5.32 Å². The zero-order valence-electron chi connectivity index (χ0n) is 12.3. The molecule has 122 valence electrons. The van der Waals surface area contributed by atoms with Gasteiger partial charge in [0.25, 0.3) is 5.91 Å². The van der Waals surface area contributed by atoms with E-state index in [9.17, 15) is 13.6 Å². The fourth-order valence-electron chi connectivity index (χ4n) is 2.20. The molecule has 7 heteroatoms. The highest BCUT2D eigenvalue weighted by atomic mass is 35.5. The molecule has 1 heterocycles. The number of nitrogens with zero attached hydrogens (tertiary/aromatic N) is 2. The first-order chi connectivity index (χ1) is 11.5. The van der Waals surface area contributed by atoms with Crippen LogP contribution in [-0.4, -0.2) is 15.7 Å². The zero-order valence-corrected chi connectivity index (χ0v) is 13.1.